The summed E-state index contributed by atoms with van der Waals surface area (Å²) in [6, 6.07) is -0.899. The Morgan fingerprint density at radius 3 is 1.34 bits per heavy atom. The molecule has 1 amide bonds. The van der Waals surface area contributed by atoms with E-state index < -0.39 is 20.0 Å². The van der Waals surface area contributed by atoms with E-state index in [1.54, 1.807) is 6.08 Å². The highest BCUT2D eigenvalue weighted by Gasteiger charge is 2.27. The van der Waals surface area contributed by atoms with Gasteiger partial charge in [-0.25, -0.2) is 4.57 Å². The highest BCUT2D eigenvalue weighted by molar-refractivity contribution is 7.47. The second-order valence-electron chi connectivity index (χ2n) is 18.1. The topological polar surface area (TPSA) is 105 Å². The molecular formula is C59H98N2O6P+. The molecule has 0 aliphatic heterocycles. The van der Waals surface area contributed by atoms with Crippen LogP contribution in [-0.4, -0.2) is 73.4 Å². The highest BCUT2D eigenvalue weighted by Crippen LogP contribution is 2.43. The van der Waals surface area contributed by atoms with Crippen molar-refractivity contribution < 1.29 is 32.9 Å². The molecule has 3 N–H and O–H groups in total. The van der Waals surface area contributed by atoms with Crippen LogP contribution in [0.4, 0.5) is 0 Å². The molecule has 0 heterocycles. The Morgan fingerprint density at radius 1 is 0.515 bits per heavy atom. The van der Waals surface area contributed by atoms with E-state index >= 15 is 0 Å². The van der Waals surface area contributed by atoms with E-state index in [0.717, 1.165) is 109 Å². The molecular weight excluding hydrogens is 864 g/mol. The molecule has 0 aliphatic rings. The first-order chi connectivity index (χ1) is 33.0. The molecule has 0 spiro atoms. The third kappa shape index (κ3) is 50.3. The highest BCUT2D eigenvalue weighted by atomic mass is 31.2. The van der Waals surface area contributed by atoms with Gasteiger partial charge >= 0.3 is 7.82 Å². The summed E-state index contributed by atoms with van der Waals surface area (Å²) in [5.74, 6) is -0.231. The molecule has 384 valence electrons. The molecule has 0 saturated carbocycles. The number of likely N-dealkylation sites (N-methyl/N-ethyl adjacent to an activating group) is 1. The Balaban J connectivity index is 4.41. The lowest BCUT2D eigenvalue weighted by Crippen LogP contribution is -2.45. The van der Waals surface area contributed by atoms with E-state index in [9.17, 15) is 19.4 Å². The number of aliphatic hydroxyl groups excluding tert-OH is 1. The van der Waals surface area contributed by atoms with Crippen molar-refractivity contribution in [3.63, 3.8) is 0 Å². The van der Waals surface area contributed by atoms with Gasteiger partial charge in [-0.15, -0.1) is 0 Å². The smallest absolute Gasteiger partial charge is 0.387 e. The van der Waals surface area contributed by atoms with E-state index in [0.29, 0.717) is 23.9 Å². The molecule has 3 atom stereocenters. The second-order valence-corrected chi connectivity index (χ2v) is 19.6. The van der Waals surface area contributed by atoms with Gasteiger partial charge in [0, 0.05) is 6.42 Å². The Morgan fingerprint density at radius 2 is 0.897 bits per heavy atom. The van der Waals surface area contributed by atoms with Gasteiger partial charge in [0.25, 0.3) is 0 Å². The summed E-state index contributed by atoms with van der Waals surface area (Å²) >= 11 is 0. The monoisotopic (exact) mass is 962 g/mol. The number of nitrogens with one attached hydrogen (secondary N) is 1. The van der Waals surface area contributed by atoms with Crippen LogP contribution < -0.4 is 5.32 Å². The number of allylic oxidation sites excluding steroid dienone is 23. The van der Waals surface area contributed by atoms with Crippen molar-refractivity contribution in [1.82, 2.24) is 5.32 Å². The van der Waals surface area contributed by atoms with Crippen LogP contribution >= 0.6 is 7.82 Å². The van der Waals surface area contributed by atoms with Crippen LogP contribution in [0.3, 0.4) is 0 Å². The summed E-state index contributed by atoms with van der Waals surface area (Å²) in [7, 11) is 1.49. The lowest BCUT2D eigenvalue weighted by molar-refractivity contribution is -0.870. The first-order valence-electron chi connectivity index (χ1n) is 26.2. The van der Waals surface area contributed by atoms with Gasteiger partial charge in [-0.3, -0.25) is 13.8 Å². The molecule has 0 rings (SSSR count). The van der Waals surface area contributed by atoms with E-state index in [1.807, 2.05) is 27.2 Å². The SMILES string of the molecule is CC/C=C\C/C=C\C/C=C\C/C=C\C/C=C\C/C=C\C/C=C\C/C=C\C/C=C\CCCCCC(=O)NC(COP(=O)(O)OCC[N+](C)(C)C)C(O)/C=C/CC/C=C/CC/C=C/CCCCCCC. The van der Waals surface area contributed by atoms with Gasteiger partial charge in [0.05, 0.1) is 39.9 Å². The van der Waals surface area contributed by atoms with Gasteiger partial charge in [-0.2, -0.15) is 0 Å². The minimum atomic E-state index is -4.38. The standard InChI is InChI=1S/C59H97N2O6P/c1-6-8-10-12-14-16-18-20-22-23-24-25-26-27-28-29-30-31-32-33-34-35-36-37-39-41-43-45-47-49-51-53-59(63)60-57(56-67-68(64,65)66-55-54-61(3,4)5)58(62)52-50-48-46-44-42-40-38-21-19-17-15-13-11-9-7-2/h8,10,14,16,19-22,24-25,27-28,30-31,33-34,36-37,41-44,50,52,57-58,62H,6-7,9,11-13,15,17-18,23,26,29,32,35,38-40,45-49,51,53-56H2,1-5H3,(H-,60,63,64,65)/p+1/b10-8-,16-14-,21-19+,22-20-,25-24-,28-27-,31-30-,34-33-,37-36-,43-41-,44-42+,52-50+. The number of carbonyl (C=O) groups excluding carboxylic acids is 1. The fraction of sp³-hybridized carbons (Fsp3) is 0.576. The van der Waals surface area contributed by atoms with Crippen molar-refractivity contribution in [2.24, 2.45) is 0 Å². The number of quaternary nitrogens is 1. The van der Waals surface area contributed by atoms with Crippen molar-refractivity contribution >= 4 is 13.7 Å². The largest absolute Gasteiger partial charge is 0.472 e. The summed E-state index contributed by atoms with van der Waals surface area (Å²) in [5.41, 5.74) is 0. The fourth-order valence-corrected chi connectivity index (χ4v) is 7.15. The lowest BCUT2D eigenvalue weighted by atomic mass is 10.1. The third-order valence-electron chi connectivity index (χ3n) is 10.5. The van der Waals surface area contributed by atoms with Crippen molar-refractivity contribution in [3.05, 3.63) is 146 Å². The number of aliphatic hydroxyl groups is 1. The molecule has 9 heteroatoms. The van der Waals surface area contributed by atoms with Crippen molar-refractivity contribution in [1.29, 1.82) is 0 Å². The molecule has 3 unspecified atom stereocenters. The van der Waals surface area contributed by atoms with Crippen LogP contribution in [0.1, 0.15) is 168 Å². The van der Waals surface area contributed by atoms with Crippen molar-refractivity contribution in [2.75, 3.05) is 40.9 Å². The maximum atomic E-state index is 12.9. The van der Waals surface area contributed by atoms with Gasteiger partial charge < -0.3 is 19.8 Å². The molecule has 0 aromatic rings. The average molecular weight is 962 g/mol. The first-order valence-corrected chi connectivity index (χ1v) is 27.7. The second kappa shape index (κ2) is 48.4. The molecule has 68 heavy (non-hydrogen) atoms. The summed E-state index contributed by atoms with van der Waals surface area (Å²) in [4.78, 5) is 23.2. The lowest BCUT2D eigenvalue weighted by Gasteiger charge is -2.25. The predicted octanol–water partition coefficient (Wildman–Crippen LogP) is 15.7. The zero-order valence-corrected chi connectivity index (χ0v) is 44.4. The van der Waals surface area contributed by atoms with Crippen LogP contribution in [0.25, 0.3) is 0 Å². The molecule has 0 saturated heterocycles. The van der Waals surface area contributed by atoms with Gasteiger partial charge in [0.15, 0.2) is 0 Å². The summed E-state index contributed by atoms with van der Waals surface area (Å²) in [5, 5.41) is 13.8. The normalized spacial score (nSPS) is 15.2. The quantitative estimate of drug-likeness (QED) is 0.0243. The maximum absolute atomic E-state index is 12.9. The Hall–Kier alpha value is -3.62. The first kappa shape index (κ1) is 64.4. The van der Waals surface area contributed by atoms with Crippen molar-refractivity contribution in [2.45, 2.75) is 180 Å². The van der Waals surface area contributed by atoms with E-state index in [-0.39, 0.29) is 19.1 Å². The van der Waals surface area contributed by atoms with Crippen LogP contribution in [0, 0.1) is 0 Å². The van der Waals surface area contributed by atoms with Crippen LogP contribution in [0.5, 0.6) is 0 Å². The van der Waals surface area contributed by atoms with Gasteiger partial charge in [0.2, 0.25) is 5.91 Å². The maximum Gasteiger partial charge on any atom is 0.472 e. The number of hydrogen-bond donors (Lipinski definition) is 3. The summed E-state index contributed by atoms with van der Waals surface area (Å²) < 4.78 is 23.6. The number of carbonyl (C=O) groups is 1. The molecule has 0 bridgehead atoms. The van der Waals surface area contributed by atoms with Gasteiger partial charge in [-0.05, 0) is 116 Å². The van der Waals surface area contributed by atoms with E-state index in [2.05, 4.69) is 153 Å². The molecule has 0 aromatic heterocycles. The molecule has 0 aromatic carbocycles. The number of unbranched alkanes of at least 4 members (excludes halogenated alkanes) is 10. The van der Waals surface area contributed by atoms with Gasteiger partial charge in [-0.1, -0.05) is 192 Å². The molecule has 8 nitrogen and oxygen atoms in total. The number of hydrogen-bond acceptors (Lipinski definition) is 5. The number of phosphoric acid groups is 1. The molecule has 0 aliphatic carbocycles. The zero-order valence-electron chi connectivity index (χ0n) is 43.5. The molecule has 0 fully saturated rings. The Kier molecular flexibility index (Phi) is 45.8. The number of phosphoric ester groups is 1. The summed E-state index contributed by atoms with van der Waals surface area (Å²) in [6.45, 7) is 4.59. The van der Waals surface area contributed by atoms with Crippen LogP contribution in [-0.2, 0) is 18.4 Å². The fourth-order valence-electron chi connectivity index (χ4n) is 6.42. The van der Waals surface area contributed by atoms with E-state index in [1.165, 1.54) is 32.1 Å². The van der Waals surface area contributed by atoms with Crippen LogP contribution in [0.15, 0.2) is 146 Å². The average Bonchev–Trinajstić information content (AvgIpc) is 3.30. The van der Waals surface area contributed by atoms with Crippen LogP contribution in [0.2, 0.25) is 0 Å². The van der Waals surface area contributed by atoms with E-state index in [4.69, 9.17) is 9.05 Å². The minimum Gasteiger partial charge on any atom is -0.387 e. The minimum absolute atomic E-state index is 0.0377. The number of rotatable bonds is 45. The number of nitrogens with zero attached hydrogens (tertiary/aromatic N) is 1. The van der Waals surface area contributed by atoms with Crippen molar-refractivity contribution in [3.8, 4) is 0 Å². The third-order valence-corrected chi connectivity index (χ3v) is 11.5. The summed E-state index contributed by atoms with van der Waals surface area (Å²) in [6.07, 6.45) is 75.1. The Bertz CT molecular complexity index is 1610. The molecule has 0 radical (unpaired) electrons. The predicted molar refractivity (Wildman–Crippen MR) is 294 cm³/mol. The van der Waals surface area contributed by atoms with Gasteiger partial charge in [0.1, 0.15) is 13.2 Å². The number of amides is 1. The zero-order chi connectivity index (χ0) is 49.9. The Labute approximate surface area is 417 Å².